The minimum absolute atomic E-state index is 0.121. The Morgan fingerprint density at radius 3 is 2.66 bits per heavy atom. The minimum atomic E-state index is -0.616. The van der Waals surface area contributed by atoms with Crippen molar-refractivity contribution in [3.63, 3.8) is 0 Å². The predicted octanol–water partition coefficient (Wildman–Crippen LogP) is 3.35. The van der Waals surface area contributed by atoms with Gasteiger partial charge in [0.15, 0.2) is 11.6 Å². The van der Waals surface area contributed by atoms with Crippen LogP contribution in [0.3, 0.4) is 0 Å². The van der Waals surface area contributed by atoms with E-state index in [4.69, 9.17) is 4.74 Å². The molecule has 2 aromatic rings. The molecule has 12 heteroatoms. The first-order chi connectivity index (χ1) is 19.7. The van der Waals surface area contributed by atoms with E-state index in [0.717, 1.165) is 0 Å². The van der Waals surface area contributed by atoms with Gasteiger partial charge in [0.05, 0.1) is 25.5 Å². The number of ether oxygens (including phenoxy) is 1. The smallest absolute Gasteiger partial charge is 0.246 e. The fraction of sp³-hybridized carbons (Fsp3) is 0.448. The van der Waals surface area contributed by atoms with Crippen LogP contribution in [0.5, 0.6) is 5.75 Å². The number of nitrogens with zero attached hydrogens (tertiary/aromatic N) is 4. The molecule has 1 unspecified atom stereocenters. The molecule has 1 atom stereocenters. The molecule has 0 aliphatic carbocycles. The van der Waals surface area contributed by atoms with Crippen LogP contribution in [0, 0.1) is 17.7 Å². The molecular formula is C29H39F2N7O3. The number of rotatable bonds is 15. The lowest BCUT2D eigenvalue weighted by molar-refractivity contribution is -0.135. The van der Waals surface area contributed by atoms with Crippen LogP contribution in [0.2, 0.25) is 0 Å². The number of hydrogen-bond acceptors (Lipinski definition) is 8. The van der Waals surface area contributed by atoms with Crippen molar-refractivity contribution in [3.05, 3.63) is 47.9 Å². The number of anilines is 3. The fourth-order valence-electron chi connectivity index (χ4n) is 3.36. The average molecular weight is 572 g/mol. The molecule has 0 spiro atoms. The normalized spacial score (nSPS) is 11.5. The molecule has 0 aliphatic heterocycles. The Labute approximate surface area is 240 Å². The number of alkyl halides is 1. The van der Waals surface area contributed by atoms with Crippen LogP contribution in [0.4, 0.5) is 26.2 Å². The molecule has 0 aliphatic rings. The van der Waals surface area contributed by atoms with Crippen LogP contribution >= 0.6 is 0 Å². The summed E-state index contributed by atoms with van der Waals surface area (Å²) in [6, 6.07) is 3.78. The van der Waals surface area contributed by atoms with E-state index in [-0.39, 0.29) is 23.5 Å². The van der Waals surface area contributed by atoms with E-state index in [1.54, 1.807) is 26.1 Å². The molecule has 10 nitrogen and oxygen atoms in total. The van der Waals surface area contributed by atoms with Crippen molar-refractivity contribution in [2.75, 3.05) is 65.2 Å². The third kappa shape index (κ3) is 11.4. The third-order valence-electron chi connectivity index (χ3n) is 5.84. The first-order valence-electron chi connectivity index (χ1n) is 13.3. The summed E-state index contributed by atoms with van der Waals surface area (Å²) < 4.78 is 31.6. The number of hydrogen-bond donors (Lipinski definition) is 3. The van der Waals surface area contributed by atoms with Crippen molar-refractivity contribution in [2.24, 2.45) is 0 Å². The summed E-state index contributed by atoms with van der Waals surface area (Å²) >= 11 is 0. The van der Waals surface area contributed by atoms with Crippen molar-refractivity contribution in [1.29, 1.82) is 0 Å². The lowest BCUT2D eigenvalue weighted by Gasteiger charge is -2.23. The maximum Gasteiger partial charge on any atom is 0.246 e. The van der Waals surface area contributed by atoms with E-state index in [1.807, 2.05) is 19.0 Å². The fourth-order valence-corrected chi connectivity index (χ4v) is 3.36. The molecule has 0 saturated heterocycles. The minimum Gasteiger partial charge on any atom is -0.494 e. The van der Waals surface area contributed by atoms with Crippen molar-refractivity contribution in [2.45, 2.75) is 32.2 Å². The van der Waals surface area contributed by atoms with Crippen LogP contribution in [-0.2, 0) is 9.59 Å². The molecule has 0 bridgehead atoms. The Hall–Kier alpha value is -4.24. The number of benzene rings is 1. The molecule has 0 radical (unpaired) electrons. The number of aromatic nitrogens is 2. The van der Waals surface area contributed by atoms with Gasteiger partial charge in [-0.25, -0.2) is 9.37 Å². The molecule has 0 fully saturated rings. The Morgan fingerprint density at radius 2 is 1.98 bits per heavy atom. The standard InChI is InChI=1S/C29H39F2N7O3/c1-21(38(4)26(39)12-9-18-37(2)3)28(40)33-16-8-6-7-11-22-20-34-29(36-27(22)32-17-10-15-30)35-23-13-14-25(41-5)24(31)19-23/h9,12-14,19-21H,6,8,10,15-18H2,1-5H3,(H,33,40)(H2,32,34,35,36)/b12-9+. The van der Waals surface area contributed by atoms with Crippen LogP contribution in [0.25, 0.3) is 0 Å². The number of likely N-dealkylation sites (N-methyl/N-ethyl adjacent to an activating group) is 2. The molecule has 222 valence electrons. The Bertz CT molecular complexity index is 1240. The number of methoxy groups -OCH3 is 1. The summed E-state index contributed by atoms with van der Waals surface area (Å²) in [4.78, 5) is 36.7. The number of carbonyl (C=O) groups is 2. The van der Waals surface area contributed by atoms with Crippen molar-refractivity contribution in [3.8, 4) is 17.6 Å². The number of amides is 2. The van der Waals surface area contributed by atoms with Gasteiger partial charge in [-0.15, -0.1) is 0 Å². The number of carbonyl (C=O) groups excluding carboxylic acids is 2. The number of halogens is 2. The molecule has 1 heterocycles. The van der Waals surface area contributed by atoms with Gasteiger partial charge in [0, 0.05) is 50.9 Å². The number of unbranched alkanes of at least 4 members (excludes halogenated alkanes) is 1. The highest BCUT2D eigenvalue weighted by atomic mass is 19.1. The highest BCUT2D eigenvalue weighted by Crippen LogP contribution is 2.23. The molecular weight excluding hydrogens is 532 g/mol. The van der Waals surface area contributed by atoms with Gasteiger partial charge in [0.25, 0.3) is 0 Å². The molecule has 0 saturated carbocycles. The van der Waals surface area contributed by atoms with E-state index in [1.165, 1.54) is 36.4 Å². The summed E-state index contributed by atoms with van der Waals surface area (Å²) in [6.45, 7) is 2.58. The second-order valence-electron chi connectivity index (χ2n) is 9.39. The molecule has 1 aromatic heterocycles. The third-order valence-corrected chi connectivity index (χ3v) is 5.84. The average Bonchev–Trinajstić information content (AvgIpc) is 2.94. The zero-order valence-corrected chi connectivity index (χ0v) is 24.3. The van der Waals surface area contributed by atoms with Crippen LogP contribution < -0.4 is 20.7 Å². The first-order valence-corrected chi connectivity index (χ1v) is 13.3. The summed E-state index contributed by atoms with van der Waals surface area (Å²) in [5.74, 6) is 5.80. The van der Waals surface area contributed by atoms with Gasteiger partial charge in [-0.3, -0.25) is 14.0 Å². The van der Waals surface area contributed by atoms with Gasteiger partial charge in [0.2, 0.25) is 17.8 Å². The molecule has 2 rings (SSSR count). The summed E-state index contributed by atoms with van der Waals surface area (Å²) in [6.07, 6.45) is 6.14. The Balaban J connectivity index is 1.93. The first kappa shape index (κ1) is 33.0. The summed E-state index contributed by atoms with van der Waals surface area (Å²) in [5, 5.41) is 8.83. The topological polar surface area (TPSA) is 112 Å². The van der Waals surface area contributed by atoms with Crippen LogP contribution in [0.1, 0.15) is 31.7 Å². The second-order valence-corrected chi connectivity index (χ2v) is 9.39. The van der Waals surface area contributed by atoms with E-state index in [0.29, 0.717) is 56.0 Å². The van der Waals surface area contributed by atoms with E-state index in [2.05, 4.69) is 37.8 Å². The maximum atomic E-state index is 14.0. The highest BCUT2D eigenvalue weighted by molar-refractivity contribution is 5.92. The molecule has 41 heavy (non-hydrogen) atoms. The lowest BCUT2D eigenvalue weighted by atomic mass is 10.2. The van der Waals surface area contributed by atoms with Crippen LogP contribution in [-0.4, -0.2) is 92.2 Å². The van der Waals surface area contributed by atoms with Crippen molar-refractivity contribution < 1.29 is 23.1 Å². The van der Waals surface area contributed by atoms with E-state index in [9.17, 15) is 18.4 Å². The highest BCUT2D eigenvalue weighted by Gasteiger charge is 2.20. The maximum absolute atomic E-state index is 14.0. The molecule has 1 aromatic carbocycles. The van der Waals surface area contributed by atoms with Gasteiger partial charge in [0.1, 0.15) is 11.9 Å². The van der Waals surface area contributed by atoms with Gasteiger partial charge in [-0.1, -0.05) is 17.9 Å². The number of nitrogens with one attached hydrogen (secondary N) is 3. The van der Waals surface area contributed by atoms with Crippen LogP contribution in [0.15, 0.2) is 36.5 Å². The monoisotopic (exact) mass is 571 g/mol. The Kier molecular flexibility index (Phi) is 14.0. The largest absolute Gasteiger partial charge is 0.494 e. The van der Waals surface area contributed by atoms with Gasteiger partial charge in [-0.05, 0) is 46.0 Å². The van der Waals surface area contributed by atoms with E-state index >= 15 is 0 Å². The SMILES string of the molecule is COc1ccc(Nc2ncc(C#CCCCNC(=O)C(C)N(C)C(=O)/C=C/CN(C)C)c(NCCCF)n2)cc1F. The summed E-state index contributed by atoms with van der Waals surface area (Å²) in [5.41, 5.74) is 0.958. The predicted molar refractivity (Wildman–Crippen MR) is 156 cm³/mol. The second kappa shape index (κ2) is 17.5. The van der Waals surface area contributed by atoms with Crippen molar-refractivity contribution >= 4 is 29.3 Å². The van der Waals surface area contributed by atoms with Gasteiger partial charge >= 0.3 is 0 Å². The quantitative estimate of drug-likeness (QED) is 0.170. The van der Waals surface area contributed by atoms with E-state index < -0.39 is 18.5 Å². The van der Waals surface area contributed by atoms with Gasteiger partial charge in [-0.2, -0.15) is 4.98 Å². The Morgan fingerprint density at radius 1 is 1.20 bits per heavy atom. The van der Waals surface area contributed by atoms with Crippen molar-refractivity contribution in [1.82, 2.24) is 25.1 Å². The zero-order valence-electron chi connectivity index (χ0n) is 24.3. The lowest BCUT2D eigenvalue weighted by Crippen LogP contribution is -2.45. The summed E-state index contributed by atoms with van der Waals surface area (Å²) in [7, 11) is 6.78. The molecule has 3 N–H and O–H groups in total. The molecule has 2 amide bonds. The van der Waals surface area contributed by atoms with Gasteiger partial charge < -0.3 is 30.5 Å². The zero-order chi connectivity index (χ0) is 30.2.